The van der Waals surface area contributed by atoms with E-state index in [4.69, 9.17) is 14.5 Å². The summed E-state index contributed by atoms with van der Waals surface area (Å²) in [5, 5.41) is 1.05. The van der Waals surface area contributed by atoms with Gasteiger partial charge in [0.15, 0.2) is 5.17 Å². The van der Waals surface area contributed by atoms with Crippen molar-refractivity contribution in [1.82, 2.24) is 4.90 Å². The quantitative estimate of drug-likeness (QED) is 0.228. The normalized spacial score (nSPS) is 11.4. The van der Waals surface area contributed by atoms with Crippen molar-refractivity contribution in [3.8, 4) is 11.5 Å². The van der Waals surface area contributed by atoms with E-state index in [1.165, 1.54) is 22.3 Å². The second-order valence-electron chi connectivity index (χ2n) is 8.01. The van der Waals surface area contributed by atoms with Gasteiger partial charge in [-0.1, -0.05) is 75.0 Å². The summed E-state index contributed by atoms with van der Waals surface area (Å²) in [6.07, 6.45) is 1.93. The molecule has 180 valence electrons. The number of methoxy groups -OCH3 is 2. The summed E-state index contributed by atoms with van der Waals surface area (Å²) in [5.41, 5.74) is 6.15. The van der Waals surface area contributed by atoms with Gasteiger partial charge in [0.05, 0.1) is 19.9 Å². The zero-order valence-corrected chi connectivity index (χ0v) is 21.8. The summed E-state index contributed by atoms with van der Waals surface area (Å²) in [7, 11) is 3.40. The van der Waals surface area contributed by atoms with Crippen LogP contribution in [0.1, 0.15) is 43.0 Å². The second kappa shape index (κ2) is 13.1. The fourth-order valence-electron chi connectivity index (χ4n) is 3.87. The molecule has 0 heterocycles. The van der Waals surface area contributed by atoms with Crippen LogP contribution in [0.2, 0.25) is 0 Å². The third-order valence-electron chi connectivity index (χ3n) is 5.78. The number of thioether (sulfide) groups is 1. The molecule has 0 fully saturated rings. The van der Waals surface area contributed by atoms with Gasteiger partial charge in [-0.2, -0.15) is 0 Å². The van der Waals surface area contributed by atoms with Crippen LogP contribution < -0.4 is 9.47 Å². The minimum absolute atomic E-state index is 0.762. The van der Waals surface area contributed by atoms with E-state index in [0.717, 1.165) is 54.0 Å². The van der Waals surface area contributed by atoms with Gasteiger partial charge in [-0.05, 0) is 65.1 Å². The van der Waals surface area contributed by atoms with Crippen LogP contribution in [-0.4, -0.2) is 30.0 Å². The lowest BCUT2D eigenvalue weighted by atomic mass is 10.0. The molecular formula is C29H36N2O2S. The van der Waals surface area contributed by atoms with E-state index < -0.39 is 0 Å². The van der Waals surface area contributed by atoms with Gasteiger partial charge in [0.1, 0.15) is 11.5 Å². The molecule has 0 radical (unpaired) electrons. The monoisotopic (exact) mass is 476 g/mol. The maximum atomic E-state index is 5.35. The molecule has 34 heavy (non-hydrogen) atoms. The average molecular weight is 477 g/mol. The van der Waals surface area contributed by atoms with Crippen molar-refractivity contribution in [2.45, 2.75) is 46.7 Å². The Bertz CT molecular complexity index is 991. The first-order valence-corrected chi connectivity index (χ1v) is 12.9. The summed E-state index contributed by atoms with van der Waals surface area (Å²) < 4.78 is 10.7. The van der Waals surface area contributed by atoms with Gasteiger partial charge in [0, 0.05) is 13.1 Å². The first-order chi connectivity index (χ1) is 16.6. The molecule has 0 saturated carbocycles. The third-order valence-corrected chi connectivity index (χ3v) is 6.68. The number of benzene rings is 3. The number of amidine groups is 1. The highest BCUT2D eigenvalue weighted by atomic mass is 32.2. The van der Waals surface area contributed by atoms with Gasteiger partial charge >= 0.3 is 0 Å². The fourth-order valence-corrected chi connectivity index (χ4v) is 4.60. The molecular weight excluding hydrogens is 440 g/mol. The summed E-state index contributed by atoms with van der Waals surface area (Å²) in [6, 6.07) is 23.1. The van der Waals surface area contributed by atoms with E-state index in [0.29, 0.717) is 0 Å². The van der Waals surface area contributed by atoms with Crippen LogP contribution in [0.5, 0.6) is 11.5 Å². The zero-order valence-electron chi connectivity index (χ0n) is 21.0. The van der Waals surface area contributed by atoms with Crippen LogP contribution in [0.25, 0.3) is 0 Å². The number of aliphatic imine (C=N–C) groups is 1. The van der Waals surface area contributed by atoms with E-state index in [9.17, 15) is 0 Å². The highest BCUT2D eigenvalue weighted by Crippen LogP contribution is 2.29. The molecule has 0 aliphatic carbocycles. The maximum absolute atomic E-state index is 5.35. The highest BCUT2D eigenvalue weighted by molar-refractivity contribution is 8.13. The molecule has 0 amide bonds. The van der Waals surface area contributed by atoms with E-state index in [-0.39, 0.29) is 0 Å². The van der Waals surface area contributed by atoms with Crippen LogP contribution >= 0.6 is 11.8 Å². The molecule has 0 atom stereocenters. The smallest absolute Gasteiger partial charge is 0.165 e. The van der Waals surface area contributed by atoms with Crippen molar-refractivity contribution in [3.05, 3.63) is 89.0 Å². The Morgan fingerprint density at radius 2 is 1.21 bits per heavy atom. The Balaban J connectivity index is 2.03. The van der Waals surface area contributed by atoms with Gasteiger partial charge in [-0.3, -0.25) is 0 Å². The van der Waals surface area contributed by atoms with Crippen molar-refractivity contribution in [1.29, 1.82) is 0 Å². The van der Waals surface area contributed by atoms with Crippen LogP contribution in [0.3, 0.4) is 0 Å². The maximum Gasteiger partial charge on any atom is 0.165 e. The molecule has 0 aliphatic heterocycles. The molecule has 3 aromatic carbocycles. The molecule has 5 heteroatoms. The van der Waals surface area contributed by atoms with E-state index in [1.54, 1.807) is 26.0 Å². The lowest BCUT2D eigenvalue weighted by molar-refractivity contribution is 0.405. The predicted octanol–water partition coefficient (Wildman–Crippen LogP) is 7.27. The van der Waals surface area contributed by atoms with E-state index in [1.807, 2.05) is 24.3 Å². The van der Waals surface area contributed by atoms with Gasteiger partial charge in [-0.25, -0.2) is 4.99 Å². The Hall–Kier alpha value is -2.92. The molecule has 0 aliphatic rings. The Morgan fingerprint density at radius 1 is 0.735 bits per heavy atom. The summed E-state index contributed by atoms with van der Waals surface area (Å²) >= 11 is 1.80. The molecule has 0 N–H and O–H groups in total. The Morgan fingerprint density at radius 3 is 1.59 bits per heavy atom. The van der Waals surface area contributed by atoms with Gasteiger partial charge in [0.2, 0.25) is 0 Å². The number of aryl methyl sites for hydroxylation is 2. The van der Waals surface area contributed by atoms with Crippen molar-refractivity contribution in [3.63, 3.8) is 0 Å². The molecule has 0 saturated heterocycles. The third kappa shape index (κ3) is 6.80. The largest absolute Gasteiger partial charge is 0.497 e. The molecule has 3 aromatic rings. The summed E-state index contributed by atoms with van der Waals surface area (Å²) in [4.78, 5) is 7.68. The lowest BCUT2D eigenvalue weighted by Gasteiger charge is -2.27. The van der Waals surface area contributed by atoms with Crippen LogP contribution in [0, 0.1) is 0 Å². The van der Waals surface area contributed by atoms with Crippen LogP contribution in [-0.2, 0) is 25.9 Å². The number of para-hydroxylation sites is 1. The number of hydrogen-bond acceptors (Lipinski definition) is 4. The van der Waals surface area contributed by atoms with Crippen LogP contribution in [0.4, 0.5) is 5.69 Å². The topological polar surface area (TPSA) is 34.1 Å². The lowest BCUT2D eigenvalue weighted by Crippen LogP contribution is -2.28. The Kier molecular flexibility index (Phi) is 9.89. The van der Waals surface area contributed by atoms with Gasteiger partial charge in [0.25, 0.3) is 0 Å². The Labute approximate surface area is 209 Å². The molecule has 0 spiro atoms. The van der Waals surface area contributed by atoms with Crippen molar-refractivity contribution < 1.29 is 9.47 Å². The first-order valence-electron chi connectivity index (χ1n) is 11.9. The SMILES string of the molecule is CCSC(=Nc1c(CC)cccc1CC)N(Cc1ccc(OC)cc1)Cc1ccc(OC)cc1. The number of hydrogen-bond donors (Lipinski definition) is 0. The van der Waals surface area contributed by atoms with Crippen molar-refractivity contribution >= 4 is 22.6 Å². The molecule has 0 bridgehead atoms. The number of nitrogens with zero attached hydrogens (tertiary/aromatic N) is 2. The van der Waals surface area contributed by atoms with Crippen molar-refractivity contribution in [2.75, 3.05) is 20.0 Å². The minimum atomic E-state index is 0.762. The van der Waals surface area contributed by atoms with Gasteiger partial charge in [-0.15, -0.1) is 0 Å². The molecule has 0 aromatic heterocycles. The second-order valence-corrected chi connectivity index (χ2v) is 9.24. The van der Waals surface area contributed by atoms with Crippen molar-refractivity contribution in [2.24, 2.45) is 4.99 Å². The minimum Gasteiger partial charge on any atom is -0.497 e. The van der Waals surface area contributed by atoms with E-state index >= 15 is 0 Å². The molecule has 3 rings (SSSR count). The first kappa shape index (κ1) is 25.7. The number of ether oxygens (including phenoxy) is 2. The summed E-state index contributed by atoms with van der Waals surface area (Å²) in [6.45, 7) is 8.11. The predicted molar refractivity (Wildman–Crippen MR) is 146 cm³/mol. The highest BCUT2D eigenvalue weighted by Gasteiger charge is 2.16. The number of rotatable bonds is 10. The zero-order chi connectivity index (χ0) is 24.3. The van der Waals surface area contributed by atoms with Crippen LogP contribution in [0.15, 0.2) is 71.7 Å². The average Bonchev–Trinajstić information content (AvgIpc) is 2.89. The van der Waals surface area contributed by atoms with Gasteiger partial charge < -0.3 is 14.4 Å². The fraction of sp³-hybridized carbons (Fsp3) is 0.345. The summed E-state index contributed by atoms with van der Waals surface area (Å²) in [5.74, 6) is 2.69. The standard InChI is InChI=1S/C29H36N2O2S/c1-6-24-10-9-11-25(7-2)28(24)30-29(34-8-3)31(20-22-12-16-26(32-4)17-13-22)21-23-14-18-27(33-5)19-15-23/h9-19H,6-8,20-21H2,1-5H3. The molecule has 4 nitrogen and oxygen atoms in total. The van der Waals surface area contributed by atoms with E-state index in [2.05, 4.69) is 68.1 Å². The molecule has 0 unspecified atom stereocenters.